The van der Waals surface area contributed by atoms with Gasteiger partial charge in [0.25, 0.3) is 5.91 Å². The predicted molar refractivity (Wildman–Crippen MR) is 76.2 cm³/mol. The zero-order chi connectivity index (χ0) is 13.8. The molecule has 0 saturated heterocycles. The van der Waals surface area contributed by atoms with Crippen LogP contribution in [0.25, 0.3) is 0 Å². The number of nitrogens with one attached hydrogen (secondary N) is 1. The number of carbonyl (C=O) groups excluding carboxylic acids is 1. The van der Waals surface area contributed by atoms with Gasteiger partial charge in [0, 0.05) is 24.1 Å². The van der Waals surface area contributed by atoms with Crippen LogP contribution in [-0.2, 0) is 0 Å². The summed E-state index contributed by atoms with van der Waals surface area (Å²) in [5, 5.41) is 12.5. The molecule has 1 aromatic carbocycles. The lowest BCUT2D eigenvalue weighted by Gasteiger charge is -2.30. The Morgan fingerprint density at radius 2 is 1.84 bits per heavy atom. The van der Waals surface area contributed by atoms with Crippen molar-refractivity contribution in [3.8, 4) is 0 Å². The first kappa shape index (κ1) is 14.1. The van der Waals surface area contributed by atoms with Gasteiger partial charge >= 0.3 is 0 Å². The fourth-order valence-electron chi connectivity index (χ4n) is 2.97. The fraction of sp³-hybridized carbons (Fsp3) is 0.562. The summed E-state index contributed by atoms with van der Waals surface area (Å²) in [5.74, 6) is 0.195. The minimum atomic E-state index is -0.0165. The number of aliphatic hydroxyl groups excluding tert-OH is 1. The predicted octanol–water partition coefficient (Wildman–Crippen LogP) is 2.58. The van der Waals surface area contributed by atoms with E-state index in [0.717, 1.165) is 42.4 Å². The van der Waals surface area contributed by atoms with E-state index >= 15 is 0 Å². The molecule has 1 amide bonds. The Morgan fingerprint density at radius 3 is 2.47 bits per heavy atom. The van der Waals surface area contributed by atoms with E-state index in [0.29, 0.717) is 0 Å². The second-order valence-corrected chi connectivity index (χ2v) is 5.68. The van der Waals surface area contributed by atoms with Crippen molar-refractivity contribution >= 4 is 5.91 Å². The first-order valence-electron chi connectivity index (χ1n) is 7.10. The van der Waals surface area contributed by atoms with Gasteiger partial charge in [-0.2, -0.15) is 0 Å². The number of aryl methyl sites for hydroxylation is 2. The van der Waals surface area contributed by atoms with Gasteiger partial charge in [-0.3, -0.25) is 4.79 Å². The molecule has 19 heavy (non-hydrogen) atoms. The molecular formula is C16H23NO2. The molecule has 1 aliphatic carbocycles. The number of rotatable bonds is 3. The molecule has 2 unspecified atom stereocenters. The quantitative estimate of drug-likeness (QED) is 0.878. The topological polar surface area (TPSA) is 49.3 Å². The van der Waals surface area contributed by atoms with Crippen molar-refractivity contribution in [2.24, 2.45) is 5.92 Å². The maximum atomic E-state index is 12.3. The molecule has 1 saturated carbocycles. The Labute approximate surface area is 115 Å². The maximum absolute atomic E-state index is 12.3. The number of carbonyl (C=O) groups is 1. The molecule has 2 rings (SSSR count). The van der Waals surface area contributed by atoms with Gasteiger partial charge in [-0.25, -0.2) is 0 Å². The Hall–Kier alpha value is -1.35. The summed E-state index contributed by atoms with van der Waals surface area (Å²) in [6.07, 6.45) is 4.27. The van der Waals surface area contributed by atoms with Crippen LogP contribution in [0.15, 0.2) is 18.2 Å². The van der Waals surface area contributed by atoms with E-state index in [9.17, 15) is 9.90 Å². The smallest absolute Gasteiger partial charge is 0.251 e. The summed E-state index contributed by atoms with van der Waals surface area (Å²) in [7, 11) is 0. The van der Waals surface area contributed by atoms with Gasteiger partial charge in [0.15, 0.2) is 0 Å². The Kier molecular flexibility index (Phi) is 4.59. The number of benzene rings is 1. The molecule has 0 bridgehead atoms. The standard InChI is InChI=1S/C16H23NO2/c1-11-7-12(2)9-14(8-11)16(19)17-15-6-4-3-5-13(15)10-18/h7-9,13,15,18H,3-6,10H2,1-2H3,(H,17,19). The molecule has 104 valence electrons. The summed E-state index contributed by atoms with van der Waals surface area (Å²) < 4.78 is 0. The first-order valence-corrected chi connectivity index (χ1v) is 7.10. The SMILES string of the molecule is Cc1cc(C)cc(C(=O)NC2CCCCC2CO)c1. The summed E-state index contributed by atoms with van der Waals surface area (Å²) in [6, 6.07) is 6.01. The largest absolute Gasteiger partial charge is 0.396 e. The van der Waals surface area contributed by atoms with Crippen molar-refractivity contribution in [3.63, 3.8) is 0 Å². The van der Waals surface area contributed by atoms with E-state index in [1.807, 2.05) is 26.0 Å². The molecule has 0 spiro atoms. The van der Waals surface area contributed by atoms with Gasteiger partial charge in [-0.1, -0.05) is 30.0 Å². The third-order valence-corrected chi connectivity index (χ3v) is 3.94. The number of amides is 1. The lowest BCUT2D eigenvalue weighted by atomic mass is 9.85. The monoisotopic (exact) mass is 261 g/mol. The van der Waals surface area contributed by atoms with Crippen LogP contribution in [0, 0.1) is 19.8 Å². The highest BCUT2D eigenvalue weighted by atomic mass is 16.3. The second kappa shape index (κ2) is 6.20. The third kappa shape index (κ3) is 3.57. The zero-order valence-electron chi connectivity index (χ0n) is 11.8. The van der Waals surface area contributed by atoms with Crippen LogP contribution in [0.4, 0.5) is 0 Å². The molecule has 2 atom stereocenters. The van der Waals surface area contributed by atoms with E-state index in [2.05, 4.69) is 11.4 Å². The van der Waals surface area contributed by atoms with Crippen molar-refractivity contribution in [1.29, 1.82) is 0 Å². The summed E-state index contributed by atoms with van der Waals surface area (Å²) in [6.45, 7) is 4.17. The highest BCUT2D eigenvalue weighted by molar-refractivity contribution is 5.94. The average molecular weight is 261 g/mol. The van der Waals surface area contributed by atoms with E-state index in [1.165, 1.54) is 0 Å². The molecular weight excluding hydrogens is 238 g/mol. The first-order chi connectivity index (χ1) is 9.10. The van der Waals surface area contributed by atoms with Gasteiger partial charge in [0.1, 0.15) is 0 Å². The highest BCUT2D eigenvalue weighted by Gasteiger charge is 2.26. The van der Waals surface area contributed by atoms with Crippen molar-refractivity contribution in [2.45, 2.75) is 45.6 Å². The van der Waals surface area contributed by atoms with Crippen molar-refractivity contribution in [2.75, 3.05) is 6.61 Å². The minimum absolute atomic E-state index is 0.0165. The van der Waals surface area contributed by atoms with E-state index in [1.54, 1.807) is 0 Å². The third-order valence-electron chi connectivity index (χ3n) is 3.94. The van der Waals surface area contributed by atoms with Crippen LogP contribution in [-0.4, -0.2) is 23.7 Å². The van der Waals surface area contributed by atoms with E-state index < -0.39 is 0 Å². The maximum Gasteiger partial charge on any atom is 0.251 e. The zero-order valence-corrected chi connectivity index (χ0v) is 11.8. The van der Waals surface area contributed by atoms with Gasteiger partial charge in [-0.15, -0.1) is 0 Å². The van der Waals surface area contributed by atoms with Gasteiger partial charge in [0.05, 0.1) is 0 Å². The normalized spacial score (nSPS) is 23.1. The lowest BCUT2D eigenvalue weighted by molar-refractivity contribution is 0.0872. The number of aliphatic hydroxyl groups is 1. The van der Waals surface area contributed by atoms with E-state index in [-0.39, 0.29) is 24.5 Å². The van der Waals surface area contributed by atoms with E-state index in [4.69, 9.17) is 0 Å². The van der Waals surface area contributed by atoms with Crippen LogP contribution in [0.2, 0.25) is 0 Å². The molecule has 0 heterocycles. The summed E-state index contributed by atoms with van der Waals surface area (Å²) in [4.78, 5) is 12.3. The molecule has 0 radical (unpaired) electrons. The average Bonchev–Trinajstić information content (AvgIpc) is 2.38. The molecule has 0 aromatic heterocycles. The second-order valence-electron chi connectivity index (χ2n) is 5.68. The van der Waals surface area contributed by atoms with Crippen LogP contribution in [0.3, 0.4) is 0 Å². The van der Waals surface area contributed by atoms with Crippen molar-refractivity contribution in [1.82, 2.24) is 5.32 Å². The lowest BCUT2D eigenvalue weighted by Crippen LogP contribution is -2.43. The highest BCUT2D eigenvalue weighted by Crippen LogP contribution is 2.24. The van der Waals surface area contributed by atoms with Gasteiger partial charge in [0.2, 0.25) is 0 Å². The van der Waals surface area contributed by atoms with Crippen LogP contribution in [0.5, 0.6) is 0 Å². The molecule has 1 fully saturated rings. The van der Waals surface area contributed by atoms with Gasteiger partial charge < -0.3 is 10.4 Å². The molecule has 1 aliphatic rings. The molecule has 3 nitrogen and oxygen atoms in total. The molecule has 0 aliphatic heterocycles. The molecule has 2 N–H and O–H groups in total. The molecule has 1 aromatic rings. The van der Waals surface area contributed by atoms with Crippen molar-refractivity contribution < 1.29 is 9.90 Å². The van der Waals surface area contributed by atoms with Crippen LogP contribution >= 0.6 is 0 Å². The van der Waals surface area contributed by atoms with Crippen molar-refractivity contribution in [3.05, 3.63) is 34.9 Å². The Morgan fingerprint density at radius 1 is 1.21 bits per heavy atom. The Bertz CT molecular complexity index is 436. The van der Waals surface area contributed by atoms with Gasteiger partial charge in [-0.05, 0) is 38.8 Å². The number of hydrogen-bond acceptors (Lipinski definition) is 2. The minimum Gasteiger partial charge on any atom is -0.396 e. The number of hydrogen-bond donors (Lipinski definition) is 2. The molecule has 3 heteroatoms. The Balaban J connectivity index is 2.07. The van der Waals surface area contributed by atoms with Crippen LogP contribution < -0.4 is 5.32 Å². The van der Waals surface area contributed by atoms with Crippen LogP contribution in [0.1, 0.15) is 47.2 Å². The summed E-state index contributed by atoms with van der Waals surface area (Å²) in [5.41, 5.74) is 2.93. The fourth-order valence-corrected chi connectivity index (χ4v) is 2.97. The summed E-state index contributed by atoms with van der Waals surface area (Å²) >= 11 is 0.